The lowest BCUT2D eigenvalue weighted by Crippen LogP contribution is -2.53. The molecule has 1 amide bonds. The Morgan fingerprint density at radius 3 is 1.67 bits per heavy atom. The van der Waals surface area contributed by atoms with Gasteiger partial charge in [-0.15, -0.1) is 0 Å². The van der Waals surface area contributed by atoms with E-state index in [0.717, 1.165) is 19.3 Å². The van der Waals surface area contributed by atoms with Crippen molar-refractivity contribution < 1.29 is 14.7 Å². The Balaban J connectivity index is 5.08. The zero-order valence-corrected chi connectivity index (χ0v) is 12.5. The standard InChI is InChI=1S/C14H27NO3/c1-7-14(8-2,9-3)15-11(16)10(12(17)18)13(4,5)6/h10H,7-9H2,1-6H3,(H,15,16)(H,17,18). The van der Waals surface area contributed by atoms with Gasteiger partial charge in [-0.2, -0.15) is 0 Å². The van der Waals surface area contributed by atoms with Gasteiger partial charge in [-0.1, -0.05) is 41.5 Å². The molecule has 1 atom stereocenters. The topological polar surface area (TPSA) is 66.4 Å². The molecule has 0 fully saturated rings. The van der Waals surface area contributed by atoms with Gasteiger partial charge in [0.15, 0.2) is 0 Å². The summed E-state index contributed by atoms with van der Waals surface area (Å²) in [5.41, 5.74) is -0.868. The van der Waals surface area contributed by atoms with Crippen molar-refractivity contribution in [1.82, 2.24) is 5.32 Å². The van der Waals surface area contributed by atoms with Crippen molar-refractivity contribution in [1.29, 1.82) is 0 Å². The summed E-state index contributed by atoms with van der Waals surface area (Å²) in [6.45, 7) is 11.4. The minimum absolute atomic E-state index is 0.282. The molecule has 0 aliphatic carbocycles. The van der Waals surface area contributed by atoms with Gasteiger partial charge in [-0.25, -0.2) is 0 Å². The van der Waals surface area contributed by atoms with E-state index in [0.29, 0.717) is 0 Å². The summed E-state index contributed by atoms with van der Waals surface area (Å²) < 4.78 is 0. The van der Waals surface area contributed by atoms with E-state index in [2.05, 4.69) is 5.32 Å². The molecule has 0 aromatic carbocycles. The van der Waals surface area contributed by atoms with Crippen LogP contribution in [-0.2, 0) is 9.59 Å². The first-order valence-electron chi connectivity index (χ1n) is 6.68. The highest BCUT2D eigenvalue weighted by Gasteiger charge is 2.40. The third kappa shape index (κ3) is 4.00. The summed E-state index contributed by atoms with van der Waals surface area (Å²) in [6, 6.07) is 0. The van der Waals surface area contributed by atoms with Gasteiger partial charge in [0.1, 0.15) is 5.92 Å². The van der Waals surface area contributed by atoms with E-state index in [9.17, 15) is 14.7 Å². The van der Waals surface area contributed by atoms with E-state index in [1.807, 2.05) is 20.8 Å². The lowest BCUT2D eigenvalue weighted by Gasteiger charge is -2.35. The van der Waals surface area contributed by atoms with Crippen LogP contribution in [0.1, 0.15) is 60.8 Å². The molecule has 18 heavy (non-hydrogen) atoms. The van der Waals surface area contributed by atoms with E-state index in [1.165, 1.54) is 0 Å². The lowest BCUT2D eigenvalue weighted by molar-refractivity contribution is -0.152. The fourth-order valence-electron chi connectivity index (χ4n) is 2.22. The van der Waals surface area contributed by atoms with Gasteiger partial charge >= 0.3 is 5.97 Å². The van der Waals surface area contributed by atoms with Crippen LogP contribution in [0.15, 0.2) is 0 Å². The van der Waals surface area contributed by atoms with Crippen molar-refractivity contribution in [2.45, 2.75) is 66.3 Å². The maximum Gasteiger partial charge on any atom is 0.316 e. The molecule has 4 nitrogen and oxygen atoms in total. The van der Waals surface area contributed by atoms with Gasteiger partial charge in [-0.05, 0) is 24.7 Å². The van der Waals surface area contributed by atoms with Crippen LogP contribution < -0.4 is 5.32 Å². The first-order chi connectivity index (χ1) is 8.13. The molecule has 0 rings (SSSR count). The number of hydrogen-bond acceptors (Lipinski definition) is 2. The van der Waals surface area contributed by atoms with Crippen molar-refractivity contribution in [3.05, 3.63) is 0 Å². The van der Waals surface area contributed by atoms with E-state index in [1.54, 1.807) is 20.8 Å². The molecule has 1 unspecified atom stereocenters. The minimum Gasteiger partial charge on any atom is -0.481 e. The average Bonchev–Trinajstić information content (AvgIpc) is 2.23. The predicted molar refractivity (Wildman–Crippen MR) is 72.3 cm³/mol. The van der Waals surface area contributed by atoms with Crippen molar-refractivity contribution >= 4 is 11.9 Å². The molecule has 0 spiro atoms. The van der Waals surface area contributed by atoms with Crippen LogP contribution in [0, 0.1) is 11.3 Å². The summed E-state index contributed by atoms with van der Waals surface area (Å²) in [4.78, 5) is 23.5. The number of hydrogen-bond donors (Lipinski definition) is 2. The van der Waals surface area contributed by atoms with E-state index in [-0.39, 0.29) is 11.4 Å². The highest BCUT2D eigenvalue weighted by Crippen LogP contribution is 2.28. The highest BCUT2D eigenvalue weighted by atomic mass is 16.4. The summed E-state index contributed by atoms with van der Waals surface area (Å²) in [7, 11) is 0. The van der Waals surface area contributed by atoms with Gasteiger partial charge in [0.05, 0.1) is 0 Å². The molecule has 0 aromatic heterocycles. The second-order valence-electron chi connectivity index (χ2n) is 5.97. The van der Waals surface area contributed by atoms with E-state index >= 15 is 0 Å². The second kappa shape index (κ2) is 6.21. The van der Waals surface area contributed by atoms with Crippen LogP contribution >= 0.6 is 0 Å². The Kier molecular flexibility index (Phi) is 5.84. The molecule has 2 N–H and O–H groups in total. The Morgan fingerprint density at radius 1 is 1.06 bits per heavy atom. The summed E-state index contributed by atoms with van der Waals surface area (Å²) in [6.07, 6.45) is 2.42. The van der Waals surface area contributed by atoms with Crippen LogP contribution in [0.2, 0.25) is 0 Å². The normalized spacial score (nSPS) is 14.1. The predicted octanol–water partition coefficient (Wildman–Crippen LogP) is 2.82. The number of carboxylic acids is 1. The summed E-state index contributed by atoms with van der Waals surface area (Å²) >= 11 is 0. The Bertz CT molecular complexity index is 292. The number of carbonyl (C=O) groups excluding carboxylic acids is 1. The zero-order chi connectivity index (χ0) is 14.6. The molecule has 0 aliphatic rings. The third-order valence-corrected chi connectivity index (χ3v) is 3.79. The molecule has 0 heterocycles. The monoisotopic (exact) mass is 257 g/mol. The average molecular weight is 257 g/mol. The maximum absolute atomic E-state index is 12.2. The number of nitrogens with one attached hydrogen (secondary N) is 1. The number of carbonyl (C=O) groups is 2. The molecule has 0 bridgehead atoms. The van der Waals surface area contributed by atoms with Crippen LogP contribution in [0.25, 0.3) is 0 Å². The fraction of sp³-hybridized carbons (Fsp3) is 0.857. The molecular weight excluding hydrogens is 230 g/mol. The zero-order valence-electron chi connectivity index (χ0n) is 12.5. The van der Waals surface area contributed by atoms with Crippen LogP contribution in [0.4, 0.5) is 0 Å². The number of amides is 1. The lowest BCUT2D eigenvalue weighted by atomic mass is 9.79. The molecule has 0 saturated carbocycles. The van der Waals surface area contributed by atoms with E-state index in [4.69, 9.17) is 0 Å². The minimum atomic E-state index is -1.06. The van der Waals surface area contributed by atoms with Crippen molar-refractivity contribution in [2.75, 3.05) is 0 Å². The van der Waals surface area contributed by atoms with Crippen LogP contribution in [-0.4, -0.2) is 22.5 Å². The number of rotatable bonds is 6. The molecule has 0 saturated heterocycles. The molecular formula is C14H27NO3. The SMILES string of the molecule is CCC(CC)(CC)NC(=O)C(C(=O)O)C(C)(C)C. The number of carboxylic acid groups (broad SMARTS) is 1. The van der Waals surface area contributed by atoms with Crippen LogP contribution in [0.5, 0.6) is 0 Å². The Morgan fingerprint density at radius 2 is 1.44 bits per heavy atom. The Hall–Kier alpha value is -1.06. The van der Waals surface area contributed by atoms with Crippen molar-refractivity contribution in [2.24, 2.45) is 11.3 Å². The first kappa shape index (κ1) is 16.9. The molecule has 0 aliphatic heterocycles. The molecule has 0 aromatic rings. The van der Waals surface area contributed by atoms with Gasteiger partial charge in [0.2, 0.25) is 5.91 Å². The smallest absolute Gasteiger partial charge is 0.316 e. The first-order valence-corrected chi connectivity index (χ1v) is 6.68. The number of aliphatic carboxylic acids is 1. The maximum atomic E-state index is 12.2. The summed E-state index contributed by atoms with van der Waals surface area (Å²) in [5.74, 6) is -2.45. The highest BCUT2D eigenvalue weighted by molar-refractivity contribution is 5.98. The quantitative estimate of drug-likeness (QED) is 0.719. The molecule has 4 heteroatoms. The van der Waals surface area contributed by atoms with Gasteiger partial charge < -0.3 is 10.4 Å². The molecule has 0 radical (unpaired) electrons. The fourth-order valence-corrected chi connectivity index (χ4v) is 2.22. The third-order valence-electron chi connectivity index (χ3n) is 3.79. The van der Waals surface area contributed by atoms with Crippen molar-refractivity contribution in [3.8, 4) is 0 Å². The van der Waals surface area contributed by atoms with Gasteiger partial charge in [0, 0.05) is 5.54 Å². The summed E-state index contributed by atoms with van der Waals surface area (Å²) in [5, 5.41) is 12.2. The molecule has 106 valence electrons. The van der Waals surface area contributed by atoms with Gasteiger partial charge in [0.25, 0.3) is 0 Å². The van der Waals surface area contributed by atoms with Crippen molar-refractivity contribution in [3.63, 3.8) is 0 Å². The van der Waals surface area contributed by atoms with Crippen LogP contribution in [0.3, 0.4) is 0 Å². The Labute approximate surface area is 110 Å². The second-order valence-corrected chi connectivity index (χ2v) is 5.97. The van der Waals surface area contributed by atoms with E-state index < -0.39 is 17.3 Å². The largest absolute Gasteiger partial charge is 0.481 e. The van der Waals surface area contributed by atoms with Gasteiger partial charge in [-0.3, -0.25) is 9.59 Å².